The number of carbonyl (C=O) groups excluding carboxylic acids is 1. The molecular weight excluding hydrogens is 316 g/mol. The summed E-state index contributed by atoms with van der Waals surface area (Å²) in [5.74, 6) is 0.105. The lowest BCUT2D eigenvalue weighted by Crippen LogP contribution is -2.42. The van der Waals surface area contributed by atoms with Crippen molar-refractivity contribution in [1.29, 1.82) is 5.26 Å². The fourth-order valence-corrected chi connectivity index (χ4v) is 4.53. The molecule has 1 aromatic heterocycles. The molecule has 1 aliphatic rings. The quantitative estimate of drug-likeness (QED) is 0.865. The lowest BCUT2D eigenvalue weighted by atomic mass is 10.1. The topological polar surface area (TPSA) is 69.9 Å². The lowest BCUT2D eigenvalue weighted by molar-refractivity contribution is -0.119. The Kier molecular flexibility index (Phi) is 4.41. The van der Waals surface area contributed by atoms with Crippen LogP contribution in [-0.2, 0) is 4.79 Å². The van der Waals surface area contributed by atoms with Crippen molar-refractivity contribution in [2.24, 2.45) is 0 Å². The van der Waals surface area contributed by atoms with Gasteiger partial charge in [0.25, 0.3) is 0 Å². The molecule has 3 rings (SSSR count). The van der Waals surface area contributed by atoms with Gasteiger partial charge in [-0.2, -0.15) is 5.26 Å². The summed E-state index contributed by atoms with van der Waals surface area (Å²) in [5, 5.41) is 17.7. The van der Waals surface area contributed by atoms with Crippen molar-refractivity contribution in [3.63, 3.8) is 0 Å². The van der Waals surface area contributed by atoms with Gasteiger partial charge in [0.1, 0.15) is 5.01 Å². The van der Waals surface area contributed by atoms with Crippen molar-refractivity contribution in [1.82, 2.24) is 10.2 Å². The Hall–Kier alpha value is -1.91. The van der Waals surface area contributed by atoms with Gasteiger partial charge in [-0.15, -0.1) is 10.2 Å². The monoisotopic (exact) mass is 330 g/mol. The predicted octanol–water partition coefficient (Wildman–Crippen LogP) is 3.01. The van der Waals surface area contributed by atoms with Gasteiger partial charge in [0.15, 0.2) is 4.34 Å². The average Bonchev–Trinajstić information content (AvgIpc) is 2.95. The number of carbonyl (C=O) groups is 1. The summed E-state index contributed by atoms with van der Waals surface area (Å²) in [4.78, 5) is 14.5. The zero-order valence-electron chi connectivity index (χ0n) is 12.0. The van der Waals surface area contributed by atoms with Crippen molar-refractivity contribution < 1.29 is 4.79 Å². The molecule has 112 valence electrons. The summed E-state index contributed by atoms with van der Waals surface area (Å²) >= 11 is 3.02. The predicted molar refractivity (Wildman–Crippen MR) is 87.0 cm³/mol. The van der Waals surface area contributed by atoms with Crippen molar-refractivity contribution in [3.8, 4) is 6.07 Å². The molecule has 1 aromatic carbocycles. The largest absolute Gasteiger partial charge is 0.311 e. The number of aromatic nitrogens is 2. The molecule has 0 aliphatic carbocycles. The van der Waals surface area contributed by atoms with E-state index in [9.17, 15) is 4.79 Å². The molecule has 1 aliphatic heterocycles. The first-order valence-corrected chi connectivity index (χ1v) is 8.65. The summed E-state index contributed by atoms with van der Waals surface area (Å²) < 4.78 is 0.845. The molecule has 1 fully saturated rings. The summed E-state index contributed by atoms with van der Waals surface area (Å²) in [5.41, 5.74) is 1.45. The second kappa shape index (κ2) is 6.46. The van der Waals surface area contributed by atoms with Crippen molar-refractivity contribution in [2.75, 3.05) is 11.4 Å². The van der Waals surface area contributed by atoms with Gasteiger partial charge >= 0.3 is 0 Å². The van der Waals surface area contributed by atoms with E-state index in [0.29, 0.717) is 5.56 Å². The second-order valence-corrected chi connectivity index (χ2v) is 7.62. The van der Waals surface area contributed by atoms with Gasteiger partial charge in [-0.3, -0.25) is 4.79 Å². The lowest BCUT2D eigenvalue weighted by Gasteiger charge is -2.31. The van der Waals surface area contributed by atoms with Crippen LogP contribution in [0.25, 0.3) is 0 Å². The third-order valence-corrected chi connectivity index (χ3v) is 5.63. The molecule has 0 N–H and O–H groups in total. The Morgan fingerprint density at radius 2 is 2.14 bits per heavy atom. The zero-order chi connectivity index (χ0) is 15.5. The van der Waals surface area contributed by atoms with E-state index in [1.807, 2.05) is 19.1 Å². The molecule has 2 heterocycles. The summed E-state index contributed by atoms with van der Waals surface area (Å²) in [6.07, 6.45) is 1.82. The fraction of sp³-hybridized carbons (Fsp3) is 0.333. The second-order valence-electron chi connectivity index (χ2n) is 4.98. The van der Waals surface area contributed by atoms with E-state index in [0.717, 1.165) is 34.4 Å². The Morgan fingerprint density at radius 1 is 1.36 bits per heavy atom. The van der Waals surface area contributed by atoms with Crippen LogP contribution in [0.4, 0.5) is 5.69 Å². The van der Waals surface area contributed by atoms with Gasteiger partial charge in [0.2, 0.25) is 5.91 Å². The molecule has 2 aromatic rings. The number of hydrogen-bond acceptors (Lipinski definition) is 6. The van der Waals surface area contributed by atoms with Gasteiger partial charge in [-0.25, -0.2) is 0 Å². The highest BCUT2D eigenvalue weighted by Gasteiger charge is 2.31. The first-order valence-electron chi connectivity index (χ1n) is 6.95. The molecule has 0 spiro atoms. The summed E-state index contributed by atoms with van der Waals surface area (Å²) in [6, 6.07) is 9.24. The zero-order valence-corrected chi connectivity index (χ0v) is 13.7. The molecule has 7 heteroatoms. The van der Waals surface area contributed by atoms with Gasteiger partial charge in [-0.1, -0.05) is 23.1 Å². The van der Waals surface area contributed by atoms with Crippen LogP contribution in [0.5, 0.6) is 0 Å². The molecule has 1 saturated heterocycles. The van der Waals surface area contributed by atoms with Crippen LogP contribution in [0.2, 0.25) is 0 Å². The fourth-order valence-electron chi connectivity index (χ4n) is 2.37. The smallest absolute Gasteiger partial charge is 0.240 e. The first-order chi connectivity index (χ1) is 10.7. The third-order valence-electron chi connectivity index (χ3n) is 3.45. The number of thioether (sulfide) groups is 1. The molecule has 0 bridgehead atoms. The van der Waals surface area contributed by atoms with Crippen LogP contribution in [0, 0.1) is 18.3 Å². The number of amides is 1. The number of aryl methyl sites for hydroxylation is 1. The Balaban J connectivity index is 1.75. The molecule has 1 amide bonds. The van der Waals surface area contributed by atoms with Crippen LogP contribution >= 0.6 is 23.1 Å². The standard InChI is InChI=1S/C15H14N4OS2/c1-10-17-18-15(21-10)22-13-3-2-8-19(14(13)20)12-6-4-11(9-16)5-7-12/h4-7,13H,2-3,8H2,1H3. The Labute approximate surface area is 137 Å². The normalized spacial score (nSPS) is 18.3. The number of hydrogen-bond donors (Lipinski definition) is 0. The van der Waals surface area contributed by atoms with Crippen LogP contribution < -0.4 is 4.90 Å². The highest BCUT2D eigenvalue weighted by Crippen LogP contribution is 2.33. The van der Waals surface area contributed by atoms with E-state index < -0.39 is 0 Å². The first kappa shape index (κ1) is 15.0. The van der Waals surface area contributed by atoms with E-state index >= 15 is 0 Å². The average molecular weight is 330 g/mol. The number of nitrogens with zero attached hydrogens (tertiary/aromatic N) is 4. The van der Waals surface area contributed by atoms with Crippen LogP contribution in [0.15, 0.2) is 28.6 Å². The number of piperidine rings is 1. The minimum Gasteiger partial charge on any atom is -0.311 e. The summed E-state index contributed by atoms with van der Waals surface area (Å²) in [7, 11) is 0. The van der Waals surface area contributed by atoms with Gasteiger partial charge in [0.05, 0.1) is 16.9 Å². The van der Waals surface area contributed by atoms with Crippen molar-refractivity contribution in [2.45, 2.75) is 29.4 Å². The van der Waals surface area contributed by atoms with Gasteiger partial charge in [-0.05, 0) is 44.0 Å². The van der Waals surface area contributed by atoms with Crippen LogP contribution in [-0.4, -0.2) is 27.9 Å². The minimum absolute atomic E-state index is 0.105. The molecular formula is C15H14N4OS2. The molecule has 5 nitrogen and oxygen atoms in total. The van der Waals surface area contributed by atoms with Gasteiger partial charge in [0, 0.05) is 12.2 Å². The maximum Gasteiger partial charge on any atom is 0.240 e. The van der Waals surface area contributed by atoms with Crippen LogP contribution in [0.1, 0.15) is 23.4 Å². The van der Waals surface area contributed by atoms with E-state index in [1.54, 1.807) is 17.0 Å². The maximum atomic E-state index is 12.7. The number of benzene rings is 1. The van der Waals surface area contributed by atoms with Crippen LogP contribution in [0.3, 0.4) is 0 Å². The number of rotatable bonds is 3. The van der Waals surface area contributed by atoms with Crippen molar-refractivity contribution in [3.05, 3.63) is 34.8 Å². The van der Waals surface area contributed by atoms with E-state index in [4.69, 9.17) is 5.26 Å². The Bertz CT molecular complexity index is 720. The number of nitriles is 1. The summed E-state index contributed by atoms with van der Waals surface area (Å²) in [6.45, 7) is 2.63. The minimum atomic E-state index is -0.114. The third kappa shape index (κ3) is 3.13. The highest BCUT2D eigenvalue weighted by atomic mass is 32.2. The molecule has 1 atom stereocenters. The van der Waals surface area contributed by atoms with Crippen molar-refractivity contribution >= 4 is 34.7 Å². The molecule has 1 unspecified atom stereocenters. The molecule has 0 radical (unpaired) electrons. The van der Waals surface area contributed by atoms with E-state index in [2.05, 4.69) is 16.3 Å². The van der Waals surface area contributed by atoms with E-state index in [1.165, 1.54) is 23.1 Å². The Morgan fingerprint density at radius 3 is 2.77 bits per heavy atom. The molecule has 0 saturated carbocycles. The maximum absolute atomic E-state index is 12.7. The number of anilines is 1. The van der Waals surface area contributed by atoms with Gasteiger partial charge < -0.3 is 4.90 Å². The highest BCUT2D eigenvalue weighted by molar-refractivity contribution is 8.02. The van der Waals surface area contributed by atoms with E-state index in [-0.39, 0.29) is 11.2 Å². The SMILES string of the molecule is Cc1nnc(SC2CCCN(c3ccc(C#N)cc3)C2=O)s1. The molecule has 22 heavy (non-hydrogen) atoms.